The van der Waals surface area contributed by atoms with Gasteiger partial charge in [0.15, 0.2) is 5.76 Å². The molecule has 2 N–H and O–H groups in total. The maximum Gasteiger partial charge on any atom is 0.291 e. The second-order valence-electron chi connectivity index (χ2n) is 5.56. The van der Waals surface area contributed by atoms with Gasteiger partial charge in [-0.05, 0) is 54.8 Å². The van der Waals surface area contributed by atoms with E-state index >= 15 is 0 Å². The van der Waals surface area contributed by atoms with Gasteiger partial charge in [0.1, 0.15) is 0 Å². The van der Waals surface area contributed by atoms with E-state index < -0.39 is 0 Å². The Morgan fingerprint density at radius 2 is 1.84 bits per heavy atom. The number of thiophene rings is 1. The van der Waals surface area contributed by atoms with E-state index in [-0.39, 0.29) is 17.6 Å². The van der Waals surface area contributed by atoms with Gasteiger partial charge in [0.05, 0.1) is 16.1 Å². The Morgan fingerprint density at radius 3 is 2.48 bits per heavy atom. The minimum Gasteiger partial charge on any atom is -0.459 e. The molecule has 128 valence electrons. The lowest BCUT2D eigenvalue weighted by molar-refractivity contribution is 0.0995. The molecule has 2 aromatic heterocycles. The van der Waals surface area contributed by atoms with Crippen LogP contribution in [0.3, 0.4) is 0 Å². The topological polar surface area (TPSA) is 71.3 Å². The SMILES string of the molecule is CCc1ccc(NC(=O)c2sc(NC(=O)c3ccco3)cc2C)cc1. The number of carbonyl (C=O) groups is 2. The number of amides is 2. The maximum absolute atomic E-state index is 12.5. The van der Waals surface area contributed by atoms with Crippen LogP contribution >= 0.6 is 11.3 Å². The third-order valence-electron chi connectivity index (χ3n) is 3.73. The third-order valence-corrected chi connectivity index (χ3v) is 4.88. The van der Waals surface area contributed by atoms with Crippen LogP contribution in [0.4, 0.5) is 10.7 Å². The Labute approximate surface area is 149 Å². The first-order chi connectivity index (χ1) is 12.1. The Hall–Kier alpha value is -2.86. The van der Waals surface area contributed by atoms with Crippen molar-refractivity contribution in [2.24, 2.45) is 0 Å². The van der Waals surface area contributed by atoms with Gasteiger partial charge < -0.3 is 15.1 Å². The summed E-state index contributed by atoms with van der Waals surface area (Å²) in [5.74, 6) is -0.299. The molecule has 5 nitrogen and oxygen atoms in total. The highest BCUT2D eigenvalue weighted by molar-refractivity contribution is 7.18. The van der Waals surface area contributed by atoms with Crippen molar-refractivity contribution in [3.8, 4) is 0 Å². The molecule has 0 spiro atoms. The number of hydrogen-bond donors (Lipinski definition) is 2. The smallest absolute Gasteiger partial charge is 0.291 e. The number of furan rings is 1. The Balaban J connectivity index is 1.70. The zero-order valence-corrected chi connectivity index (χ0v) is 14.8. The molecule has 0 aliphatic carbocycles. The van der Waals surface area contributed by atoms with Gasteiger partial charge in [-0.15, -0.1) is 11.3 Å². The van der Waals surface area contributed by atoms with Crippen molar-refractivity contribution in [1.82, 2.24) is 0 Å². The number of nitrogens with one attached hydrogen (secondary N) is 2. The van der Waals surface area contributed by atoms with Crippen LogP contribution in [0.15, 0.2) is 53.1 Å². The lowest BCUT2D eigenvalue weighted by atomic mass is 10.1. The predicted octanol–water partition coefficient (Wildman–Crippen LogP) is 4.72. The fraction of sp³-hybridized carbons (Fsp3) is 0.158. The molecule has 1 aromatic carbocycles. The van der Waals surface area contributed by atoms with Crippen LogP contribution in [0.5, 0.6) is 0 Å². The summed E-state index contributed by atoms with van der Waals surface area (Å²) in [6.07, 6.45) is 2.40. The summed E-state index contributed by atoms with van der Waals surface area (Å²) in [6, 6.07) is 12.8. The van der Waals surface area contributed by atoms with E-state index in [4.69, 9.17) is 4.42 Å². The van der Waals surface area contributed by atoms with E-state index in [1.807, 2.05) is 31.2 Å². The normalized spacial score (nSPS) is 10.5. The van der Waals surface area contributed by atoms with Crippen molar-refractivity contribution < 1.29 is 14.0 Å². The highest BCUT2D eigenvalue weighted by Crippen LogP contribution is 2.28. The van der Waals surface area contributed by atoms with Gasteiger partial charge in [0, 0.05) is 5.69 Å². The molecule has 0 radical (unpaired) electrons. The standard InChI is InChI=1S/C19H18N2O3S/c1-3-13-6-8-14(9-7-13)20-19(23)17-12(2)11-16(25-17)21-18(22)15-5-4-10-24-15/h4-11H,3H2,1-2H3,(H,20,23)(H,21,22). The van der Waals surface area contributed by atoms with Crippen LogP contribution < -0.4 is 10.6 Å². The first-order valence-corrected chi connectivity index (χ1v) is 8.74. The summed E-state index contributed by atoms with van der Waals surface area (Å²) in [4.78, 5) is 25.1. The fourth-order valence-electron chi connectivity index (χ4n) is 2.36. The molecular formula is C19H18N2O3S. The van der Waals surface area contributed by atoms with E-state index in [1.54, 1.807) is 18.2 Å². The zero-order chi connectivity index (χ0) is 17.8. The van der Waals surface area contributed by atoms with Crippen molar-refractivity contribution in [2.75, 3.05) is 10.6 Å². The van der Waals surface area contributed by atoms with Crippen molar-refractivity contribution in [2.45, 2.75) is 20.3 Å². The van der Waals surface area contributed by atoms with Crippen molar-refractivity contribution in [3.63, 3.8) is 0 Å². The zero-order valence-electron chi connectivity index (χ0n) is 14.0. The highest BCUT2D eigenvalue weighted by atomic mass is 32.1. The van der Waals surface area contributed by atoms with Crippen molar-refractivity contribution in [1.29, 1.82) is 0 Å². The Morgan fingerprint density at radius 1 is 1.08 bits per heavy atom. The Bertz CT molecular complexity index is 880. The van der Waals surface area contributed by atoms with Crippen LogP contribution in [0, 0.1) is 6.92 Å². The first-order valence-electron chi connectivity index (χ1n) is 7.92. The number of anilines is 2. The number of hydrogen-bond acceptors (Lipinski definition) is 4. The first kappa shape index (κ1) is 17.0. The fourth-order valence-corrected chi connectivity index (χ4v) is 3.33. The second kappa shape index (κ2) is 7.36. The molecule has 6 heteroatoms. The van der Waals surface area contributed by atoms with Gasteiger partial charge in [-0.25, -0.2) is 0 Å². The average Bonchev–Trinajstić information content (AvgIpc) is 3.25. The third kappa shape index (κ3) is 3.97. The number of benzene rings is 1. The van der Waals surface area contributed by atoms with Crippen LogP contribution in [-0.4, -0.2) is 11.8 Å². The molecule has 3 aromatic rings. The van der Waals surface area contributed by atoms with Gasteiger partial charge in [0.25, 0.3) is 11.8 Å². The molecule has 0 saturated carbocycles. The summed E-state index contributed by atoms with van der Waals surface area (Å²) < 4.78 is 5.06. The van der Waals surface area contributed by atoms with Gasteiger partial charge >= 0.3 is 0 Å². The van der Waals surface area contributed by atoms with Gasteiger partial charge in [-0.2, -0.15) is 0 Å². The minimum absolute atomic E-state index is 0.190. The maximum atomic E-state index is 12.5. The average molecular weight is 354 g/mol. The molecule has 0 aliphatic rings. The van der Waals surface area contributed by atoms with E-state index in [9.17, 15) is 9.59 Å². The molecule has 0 saturated heterocycles. The van der Waals surface area contributed by atoms with Gasteiger partial charge in [-0.3, -0.25) is 9.59 Å². The molecule has 3 rings (SSSR count). The summed E-state index contributed by atoms with van der Waals surface area (Å²) in [7, 11) is 0. The molecule has 0 bridgehead atoms. The summed E-state index contributed by atoms with van der Waals surface area (Å²) in [5, 5.41) is 6.23. The monoisotopic (exact) mass is 354 g/mol. The second-order valence-corrected chi connectivity index (χ2v) is 6.61. The van der Waals surface area contributed by atoms with E-state index in [1.165, 1.54) is 23.2 Å². The molecule has 25 heavy (non-hydrogen) atoms. The van der Waals surface area contributed by atoms with Gasteiger partial charge in [0.2, 0.25) is 0 Å². The summed E-state index contributed by atoms with van der Waals surface area (Å²) in [5.41, 5.74) is 2.77. The quantitative estimate of drug-likeness (QED) is 0.696. The number of aryl methyl sites for hydroxylation is 2. The molecule has 0 aliphatic heterocycles. The molecule has 0 unspecified atom stereocenters. The number of carbonyl (C=O) groups excluding carboxylic acids is 2. The molecule has 2 heterocycles. The van der Waals surface area contributed by atoms with E-state index in [2.05, 4.69) is 17.6 Å². The van der Waals surface area contributed by atoms with E-state index in [0.717, 1.165) is 17.7 Å². The largest absolute Gasteiger partial charge is 0.459 e. The molecular weight excluding hydrogens is 336 g/mol. The van der Waals surface area contributed by atoms with Crippen molar-refractivity contribution >= 4 is 33.8 Å². The summed E-state index contributed by atoms with van der Waals surface area (Å²) >= 11 is 1.23. The minimum atomic E-state index is -0.339. The molecule has 0 fully saturated rings. The number of rotatable bonds is 5. The van der Waals surface area contributed by atoms with E-state index in [0.29, 0.717) is 9.88 Å². The molecule has 0 atom stereocenters. The van der Waals surface area contributed by atoms with Crippen LogP contribution in [0.25, 0.3) is 0 Å². The lowest BCUT2D eigenvalue weighted by Gasteiger charge is -2.05. The Kier molecular flexibility index (Phi) is 5.00. The van der Waals surface area contributed by atoms with Crippen LogP contribution in [0.1, 0.15) is 38.3 Å². The van der Waals surface area contributed by atoms with Crippen LogP contribution in [-0.2, 0) is 6.42 Å². The summed E-state index contributed by atoms with van der Waals surface area (Å²) in [6.45, 7) is 3.93. The van der Waals surface area contributed by atoms with Gasteiger partial charge in [-0.1, -0.05) is 19.1 Å². The lowest BCUT2D eigenvalue weighted by Crippen LogP contribution is -2.11. The van der Waals surface area contributed by atoms with Crippen LogP contribution in [0.2, 0.25) is 0 Å². The highest BCUT2D eigenvalue weighted by Gasteiger charge is 2.16. The van der Waals surface area contributed by atoms with Crippen molar-refractivity contribution in [3.05, 3.63) is 70.5 Å². The molecule has 2 amide bonds. The predicted molar refractivity (Wildman–Crippen MR) is 99.5 cm³/mol.